The number of nitrogens with one attached hydrogen (secondary N) is 1. The van der Waals surface area contributed by atoms with Crippen LogP contribution in [0.2, 0.25) is 0 Å². The van der Waals surface area contributed by atoms with E-state index in [0.29, 0.717) is 17.1 Å². The summed E-state index contributed by atoms with van der Waals surface area (Å²) in [5, 5.41) is 14.5. The van der Waals surface area contributed by atoms with Crippen LogP contribution in [0.4, 0.5) is 16.2 Å². The van der Waals surface area contributed by atoms with Gasteiger partial charge in [0.05, 0.1) is 31.1 Å². The molecule has 0 fully saturated rings. The molecule has 10 nitrogen and oxygen atoms in total. The SMILES string of the molecule is COc1ccc2ccccc2c1CN1C(=O)[C@@H](NC(=O)[C@H](CC(C)(C)C)N(C)C(=O)O)[C@H](C)N(C(C)=O)c2ccccc21. The van der Waals surface area contributed by atoms with Crippen LogP contribution in [-0.4, -0.2) is 66.1 Å². The lowest BCUT2D eigenvalue weighted by molar-refractivity contribution is -0.131. The minimum atomic E-state index is -1.26. The van der Waals surface area contributed by atoms with Crippen LogP contribution in [-0.2, 0) is 20.9 Å². The van der Waals surface area contributed by atoms with Crippen LogP contribution >= 0.6 is 0 Å². The predicted molar refractivity (Wildman–Crippen MR) is 166 cm³/mol. The summed E-state index contributed by atoms with van der Waals surface area (Å²) in [4.78, 5) is 57.5. The Bertz CT molecular complexity index is 1550. The molecule has 1 aliphatic heterocycles. The Labute approximate surface area is 252 Å². The summed E-state index contributed by atoms with van der Waals surface area (Å²) in [6.45, 7) is 8.97. The number of hydrogen-bond acceptors (Lipinski definition) is 5. The average Bonchev–Trinajstić information content (AvgIpc) is 3.03. The van der Waals surface area contributed by atoms with E-state index in [-0.39, 0.29) is 24.3 Å². The summed E-state index contributed by atoms with van der Waals surface area (Å²) < 4.78 is 5.71. The molecule has 1 aliphatic rings. The first-order valence-electron chi connectivity index (χ1n) is 14.3. The molecule has 4 rings (SSSR count). The van der Waals surface area contributed by atoms with E-state index in [0.717, 1.165) is 21.2 Å². The van der Waals surface area contributed by atoms with Gasteiger partial charge in [-0.2, -0.15) is 0 Å². The third-order valence-corrected chi connectivity index (χ3v) is 7.90. The number of hydrogen-bond donors (Lipinski definition) is 2. The summed E-state index contributed by atoms with van der Waals surface area (Å²) in [6, 6.07) is 15.7. The van der Waals surface area contributed by atoms with Crippen molar-refractivity contribution in [3.63, 3.8) is 0 Å². The molecule has 1 heterocycles. The van der Waals surface area contributed by atoms with Gasteiger partial charge in [-0.05, 0) is 47.7 Å². The summed E-state index contributed by atoms with van der Waals surface area (Å²) in [5.74, 6) is -0.745. The van der Waals surface area contributed by atoms with Gasteiger partial charge in [0.15, 0.2) is 0 Å². The summed E-state index contributed by atoms with van der Waals surface area (Å²) in [5.41, 5.74) is 1.42. The highest BCUT2D eigenvalue weighted by Gasteiger charge is 2.43. The molecule has 10 heteroatoms. The molecule has 4 amide bonds. The maximum atomic E-state index is 14.6. The Kier molecular flexibility index (Phi) is 8.98. The van der Waals surface area contributed by atoms with Crippen molar-refractivity contribution < 1.29 is 29.0 Å². The summed E-state index contributed by atoms with van der Waals surface area (Å²) in [7, 11) is 2.91. The number of likely N-dealkylation sites (N-methyl/N-ethyl adjacent to an activating group) is 1. The van der Waals surface area contributed by atoms with Crippen molar-refractivity contribution in [1.29, 1.82) is 0 Å². The molecule has 0 saturated carbocycles. The van der Waals surface area contributed by atoms with Gasteiger partial charge in [0.25, 0.3) is 5.91 Å². The number of benzene rings is 3. The van der Waals surface area contributed by atoms with E-state index in [4.69, 9.17) is 4.74 Å². The first-order chi connectivity index (χ1) is 20.2. The van der Waals surface area contributed by atoms with Crippen LogP contribution in [0.25, 0.3) is 10.8 Å². The van der Waals surface area contributed by atoms with Crippen LogP contribution in [0.1, 0.15) is 46.6 Å². The third-order valence-electron chi connectivity index (χ3n) is 7.90. The molecule has 228 valence electrons. The van der Waals surface area contributed by atoms with Crippen molar-refractivity contribution in [3.05, 3.63) is 66.2 Å². The van der Waals surface area contributed by atoms with E-state index >= 15 is 0 Å². The second-order valence-corrected chi connectivity index (χ2v) is 12.2. The fraction of sp³-hybridized carbons (Fsp3) is 0.394. The van der Waals surface area contributed by atoms with Crippen molar-refractivity contribution in [2.45, 2.75) is 65.7 Å². The molecule has 0 saturated heterocycles. The van der Waals surface area contributed by atoms with Crippen molar-refractivity contribution in [2.24, 2.45) is 5.41 Å². The number of anilines is 2. The Morgan fingerprint density at radius 2 is 1.65 bits per heavy atom. The maximum Gasteiger partial charge on any atom is 0.407 e. The topological polar surface area (TPSA) is 119 Å². The van der Waals surface area contributed by atoms with E-state index in [2.05, 4.69) is 5.32 Å². The number of nitrogens with zero attached hydrogens (tertiary/aromatic N) is 3. The minimum Gasteiger partial charge on any atom is -0.496 e. The molecular weight excluding hydrogens is 548 g/mol. The Morgan fingerprint density at radius 3 is 2.26 bits per heavy atom. The number of ether oxygens (including phenoxy) is 1. The number of rotatable bonds is 7. The first kappa shape index (κ1) is 31.3. The Hall–Kier alpha value is -4.60. The highest BCUT2D eigenvalue weighted by molar-refractivity contribution is 6.09. The number of amides is 4. The number of methoxy groups -OCH3 is 1. The minimum absolute atomic E-state index is 0.103. The van der Waals surface area contributed by atoms with E-state index in [1.165, 1.54) is 18.9 Å². The lowest BCUT2D eigenvalue weighted by Crippen LogP contribution is -2.60. The highest BCUT2D eigenvalue weighted by atomic mass is 16.5. The number of fused-ring (bicyclic) bond motifs is 2. The molecule has 0 radical (unpaired) electrons. The molecule has 0 aromatic heterocycles. The smallest absolute Gasteiger partial charge is 0.407 e. The molecule has 2 N–H and O–H groups in total. The predicted octanol–water partition coefficient (Wildman–Crippen LogP) is 5.04. The van der Waals surface area contributed by atoms with Crippen molar-refractivity contribution in [3.8, 4) is 5.75 Å². The van der Waals surface area contributed by atoms with Crippen LogP contribution in [0.5, 0.6) is 5.75 Å². The molecule has 0 unspecified atom stereocenters. The third kappa shape index (κ3) is 6.43. The molecule has 0 spiro atoms. The standard InChI is InChI=1S/C33H40N4O6/c1-20-29(34-30(39)27(18-33(3,4)5)35(6)32(41)42)31(40)36(25-14-10-11-15-26(25)37(20)21(2)38)19-24-23-13-9-8-12-22(23)16-17-28(24)43-7/h8-17,20,27,29H,18-19H2,1-7H3,(H,34,39)(H,41,42)/t20-,27-,29-/m0/s1. The maximum absolute atomic E-state index is 14.6. The second-order valence-electron chi connectivity index (χ2n) is 12.2. The van der Waals surface area contributed by atoms with E-state index in [1.54, 1.807) is 43.2 Å². The highest BCUT2D eigenvalue weighted by Crippen LogP contribution is 2.38. The van der Waals surface area contributed by atoms with Crippen molar-refractivity contribution >= 4 is 46.0 Å². The quantitative estimate of drug-likeness (QED) is 0.399. The van der Waals surface area contributed by atoms with Gasteiger partial charge in [-0.3, -0.25) is 19.3 Å². The van der Waals surface area contributed by atoms with Crippen LogP contribution < -0.4 is 19.9 Å². The van der Waals surface area contributed by atoms with Gasteiger partial charge in [0, 0.05) is 19.5 Å². The van der Waals surface area contributed by atoms with E-state index in [1.807, 2.05) is 57.2 Å². The van der Waals surface area contributed by atoms with Gasteiger partial charge in [-0.25, -0.2) is 4.79 Å². The average molecular weight is 589 g/mol. The number of carbonyl (C=O) groups excluding carboxylic acids is 3. The summed E-state index contributed by atoms with van der Waals surface area (Å²) in [6.07, 6.45) is -1.03. The van der Waals surface area contributed by atoms with Crippen molar-refractivity contribution in [1.82, 2.24) is 10.2 Å². The fourth-order valence-electron chi connectivity index (χ4n) is 5.76. The Balaban J connectivity index is 1.85. The van der Waals surface area contributed by atoms with Crippen molar-refractivity contribution in [2.75, 3.05) is 24.0 Å². The zero-order chi connectivity index (χ0) is 31.6. The van der Waals surface area contributed by atoms with Gasteiger partial charge in [0.1, 0.15) is 17.8 Å². The van der Waals surface area contributed by atoms with Crippen LogP contribution in [0.15, 0.2) is 60.7 Å². The van der Waals surface area contributed by atoms with Gasteiger partial charge >= 0.3 is 6.09 Å². The zero-order valence-corrected chi connectivity index (χ0v) is 25.7. The molecule has 43 heavy (non-hydrogen) atoms. The largest absolute Gasteiger partial charge is 0.496 e. The van der Waals surface area contributed by atoms with E-state index in [9.17, 15) is 24.3 Å². The van der Waals surface area contributed by atoms with Crippen LogP contribution in [0, 0.1) is 5.41 Å². The monoisotopic (exact) mass is 588 g/mol. The summed E-state index contributed by atoms with van der Waals surface area (Å²) >= 11 is 0. The fourth-order valence-corrected chi connectivity index (χ4v) is 5.76. The lowest BCUT2D eigenvalue weighted by atomic mass is 9.87. The number of carboxylic acid groups (broad SMARTS) is 1. The van der Waals surface area contributed by atoms with Crippen LogP contribution in [0.3, 0.4) is 0 Å². The van der Waals surface area contributed by atoms with Gasteiger partial charge in [-0.1, -0.05) is 63.2 Å². The number of para-hydroxylation sites is 2. The van der Waals surface area contributed by atoms with Gasteiger partial charge < -0.3 is 25.0 Å². The first-order valence-corrected chi connectivity index (χ1v) is 14.3. The lowest BCUT2D eigenvalue weighted by Gasteiger charge is -2.35. The molecule has 3 aromatic rings. The molecule has 3 aromatic carbocycles. The molecule has 3 atom stereocenters. The second kappa shape index (κ2) is 12.3. The Morgan fingerprint density at radius 1 is 1.02 bits per heavy atom. The number of carbonyl (C=O) groups is 4. The van der Waals surface area contributed by atoms with Gasteiger partial charge in [-0.15, -0.1) is 0 Å². The van der Waals surface area contributed by atoms with E-state index < -0.39 is 36.0 Å². The van der Waals surface area contributed by atoms with Gasteiger partial charge in [0.2, 0.25) is 11.8 Å². The molecule has 0 aliphatic carbocycles. The molecular formula is C33H40N4O6. The molecule has 0 bridgehead atoms. The zero-order valence-electron chi connectivity index (χ0n) is 25.7. The normalized spacial score (nSPS) is 17.6.